The van der Waals surface area contributed by atoms with Crippen LogP contribution in [-0.4, -0.2) is 12.5 Å². The third kappa shape index (κ3) is 4.04. The molecule has 0 aliphatic rings. The fourth-order valence-electron chi connectivity index (χ4n) is 2.42. The first-order chi connectivity index (χ1) is 11.7. The Balaban J connectivity index is 1.52. The lowest BCUT2D eigenvalue weighted by atomic mass is 10.1. The maximum atomic E-state index is 11.9. The van der Waals surface area contributed by atoms with Gasteiger partial charge in [-0.25, -0.2) is 0 Å². The summed E-state index contributed by atoms with van der Waals surface area (Å²) >= 11 is 0. The summed E-state index contributed by atoms with van der Waals surface area (Å²) < 4.78 is 10.8. The van der Waals surface area contributed by atoms with Crippen molar-refractivity contribution in [1.29, 1.82) is 0 Å². The molecule has 1 N–H and O–H groups in total. The van der Waals surface area contributed by atoms with Gasteiger partial charge in [-0.3, -0.25) is 4.79 Å². The van der Waals surface area contributed by atoms with E-state index in [0.717, 1.165) is 16.9 Å². The van der Waals surface area contributed by atoms with Crippen LogP contribution >= 0.6 is 0 Å². The van der Waals surface area contributed by atoms with Crippen LogP contribution in [0.5, 0.6) is 5.75 Å². The van der Waals surface area contributed by atoms with E-state index in [1.807, 2.05) is 55.5 Å². The molecule has 3 aromatic rings. The molecule has 3 rings (SSSR count). The highest BCUT2D eigenvalue weighted by Crippen LogP contribution is 2.22. The average molecular weight is 321 g/mol. The zero-order valence-electron chi connectivity index (χ0n) is 13.4. The topological polar surface area (TPSA) is 51.5 Å². The van der Waals surface area contributed by atoms with Crippen LogP contribution in [0, 0.1) is 0 Å². The van der Waals surface area contributed by atoms with Gasteiger partial charge in [0.25, 0.3) is 5.91 Å². The van der Waals surface area contributed by atoms with Crippen molar-refractivity contribution in [1.82, 2.24) is 5.32 Å². The van der Waals surface area contributed by atoms with E-state index < -0.39 is 0 Å². The van der Waals surface area contributed by atoms with Gasteiger partial charge in [-0.2, -0.15) is 0 Å². The van der Waals surface area contributed by atoms with Crippen LogP contribution < -0.4 is 10.1 Å². The van der Waals surface area contributed by atoms with Gasteiger partial charge in [-0.15, -0.1) is 0 Å². The number of rotatable bonds is 6. The predicted octanol–water partition coefficient (Wildman–Crippen LogP) is 4.20. The fourth-order valence-corrected chi connectivity index (χ4v) is 2.42. The molecule has 0 fully saturated rings. The Kier molecular flexibility index (Phi) is 4.96. The minimum absolute atomic E-state index is 0.0320. The lowest BCUT2D eigenvalue weighted by molar-refractivity contribution is -0.123. The second-order valence-electron chi connectivity index (χ2n) is 5.48. The molecule has 122 valence electrons. The van der Waals surface area contributed by atoms with Gasteiger partial charge >= 0.3 is 0 Å². The maximum absolute atomic E-state index is 11.9. The zero-order chi connectivity index (χ0) is 16.8. The molecule has 0 aliphatic heterocycles. The summed E-state index contributed by atoms with van der Waals surface area (Å²) in [6.07, 6.45) is 1.59. The Morgan fingerprint density at radius 2 is 1.71 bits per heavy atom. The second-order valence-corrected chi connectivity index (χ2v) is 5.48. The van der Waals surface area contributed by atoms with Gasteiger partial charge < -0.3 is 14.5 Å². The van der Waals surface area contributed by atoms with Gasteiger partial charge in [0.05, 0.1) is 12.3 Å². The number of benzene rings is 2. The van der Waals surface area contributed by atoms with Gasteiger partial charge in [0.1, 0.15) is 11.5 Å². The lowest BCUT2D eigenvalue weighted by Gasteiger charge is -2.12. The molecule has 0 bridgehead atoms. The van der Waals surface area contributed by atoms with Gasteiger partial charge in [0.2, 0.25) is 0 Å². The zero-order valence-corrected chi connectivity index (χ0v) is 13.4. The molecule has 0 saturated carbocycles. The monoisotopic (exact) mass is 321 g/mol. The maximum Gasteiger partial charge on any atom is 0.258 e. The predicted molar refractivity (Wildman–Crippen MR) is 92.6 cm³/mol. The Morgan fingerprint density at radius 3 is 2.38 bits per heavy atom. The molecule has 4 nitrogen and oxygen atoms in total. The van der Waals surface area contributed by atoms with Gasteiger partial charge in [-0.05, 0) is 42.3 Å². The Bertz CT molecular complexity index is 764. The number of nitrogens with one attached hydrogen (secondary N) is 1. The van der Waals surface area contributed by atoms with Gasteiger partial charge in [0, 0.05) is 0 Å². The van der Waals surface area contributed by atoms with E-state index in [4.69, 9.17) is 9.15 Å². The van der Waals surface area contributed by atoms with Gasteiger partial charge in [0.15, 0.2) is 6.61 Å². The largest absolute Gasteiger partial charge is 0.484 e. The SMILES string of the molecule is C[C@H](NC(=O)COc1ccc(-c2ccccc2)cc1)c1ccco1. The molecule has 1 heterocycles. The highest BCUT2D eigenvalue weighted by molar-refractivity contribution is 5.78. The first-order valence-electron chi connectivity index (χ1n) is 7.83. The molecule has 0 spiro atoms. The van der Waals surface area contributed by atoms with Crippen LogP contribution in [0.2, 0.25) is 0 Å². The van der Waals surface area contributed by atoms with E-state index in [2.05, 4.69) is 17.4 Å². The van der Waals surface area contributed by atoms with E-state index in [9.17, 15) is 4.79 Å². The fraction of sp³-hybridized carbons (Fsp3) is 0.150. The normalized spacial score (nSPS) is 11.7. The molecule has 0 saturated heterocycles. The van der Waals surface area contributed by atoms with Crippen molar-refractivity contribution in [2.75, 3.05) is 6.61 Å². The second kappa shape index (κ2) is 7.51. The summed E-state index contributed by atoms with van der Waals surface area (Å²) in [6, 6.07) is 21.2. The Labute approximate surface area is 141 Å². The van der Waals surface area contributed by atoms with E-state index in [1.165, 1.54) is 0 Å². The van der Waals surface area contributed by atoms with Crippen molar-refractivity contribution in [3.05, 3.63) is 78.8 Å². The third-order valence-corrected chi connectivity index (χ3v) is 3.68. The highest BCUT2D eigenvalue weighted by atomic mass is 16.5. The Hall–Kier alpha value is -3.01. The molecule has 0 radical (unpaired) electrons. The highest BCUT2D eigenvalue weighted by Gasteiger charge is 2.12. The molecular formula is C20H19NO3. The molecule has 1 amide bonds. The van der Waals surface area contributed by atoms with E-state index in [-0.39, 0.29) is 18.6 Å². The first kappa shape index (κ1) is 15.9. The Morgan fingerprint density at radius 1 is 1.00 bits per heavy atom. The molecule has 4 heteroatoms. The number of ether oxygens (including phenoxy) is 1. The minimum Gasteiger partial charge on any atom is -0.484 e. The van der Waals surface area contributed by atoms with Crippen LogP contribution in [0.3, 0.4) is 0 Å². The molecule has 1 aromatic heterocycles. The summed E-state index contributed by atoms with van der Waals surface area (Å²) in [7, 11) is 0. The summed E-state index contributed by atoms with van der Waals surface area (Å²) in [6.45, 7) is 1.83. The number of hydrogen-bond acceptors (Lipinski definition) is 3. The van der Waals surface area contributed by atoms with Crippen LogP contribution in [0.1, 0.15) is 18.7 Å². The number of carbonyl (C=O) groups is 1. The summed E-state index contributed by atoms with van der Waals surface area (Å²) in [4.78, 5) is 11.9. The van der Waals surface area contributed by atoms with Crippen LogP contribution in [0.15, 0.2) is 77.4 Å². The van der Waals surface area contributed by atoms with Crippen molar-refractivity contribution in [2.24, 2.45) is 0 Å². The van der Waals surface area contributed by atoms with E-state index >= 15 is 0 Å². The van der Waals surface area contributed by atoms with Crippen molar-refractivity contribution >= 4 is 5.91 Å². The van der Waals surface area contributed by atoms with Crippen molar-refractivity contribution < 1.29 is 13.9 Å². The molecule has 0 aliphatic carbocycles. The summed E-state index contributed by atoms with van der Waals surface area (Å²) in [5, 5.41) is 2.83. The molecule has 24 heavy (non-hydrogen) atoms. The van der Waals surface area contributed by atoms with Crippen LogP contribution in [0.4, 0.5) is 0 Å². The number of amides is 1. The summed E-state index contributed by atoms with van der Waals surface area (Å²) in [5.41, 5.74) is 2.26. The van der Waals surface area contributed by atoms with E-state index in [0.29, 0.717) is 5.75 Å². The standard InChI is InChI=1S/C20H19NO3/c1-15(19-8-5-13-23-19)21-20(22)14-24-18-11-9-17(10-12-18)16-6-3-2-4-7-16/h2-13,15H,14H2,1H3,(H,21,22)/t15-/m0/s1. The minimum atomic E-state index is -0.189. The summed E-state index contributed by atoms with van der Waals surface area (Å²) in [5.74, 6) is 1.19. The lowest BCUT2D eigenvalue weighted by Crippen LogP contribution is -2.31. The van der Waals surface area contributed by atoms with Crippen molar-refractivity contribution in [3.63, 3.8) is 0 Å². The number of furan rings is 1. The number of carbonyl (C=O) groups excluding carboxylic acids is 1. The first-order valence-corrected chi connectivity index (χ1v) is 7.83. The van der Waals surface area contributed by atoms with E-state index in [1.54, 1.807) is 12.3 Å². The molecular weight excluding hydrogens is 302 g/mol. The average Bonchev–Trinajstić information content (AvgIpc) is 3.16. The molecule has 0 unspecified atom stereocenters. The van der Waals surface area contributed by atoms with Crippen LogP contribution in [0.25, 0.3) is 11.1 Å². The van der Waals surface area contributed by atoms with Crippen LogP contribution in [-0.2, 0) is 4.79 Å². The number of hydrogen-bond donors (Lipinski definition) is 1. The van der Waals surface area contributed by atoms with Crippen molar-refractivity contribution in [2.45, 2.75) is 13.0 Å². The van der Waals surface area contributed by atoms with Gasteiger partial charge in [-0.1, -0.05) is 42.5 Å². The third-order valence-electron chi connectivity index (χ3n) is 3.68. The smallest absolute Gasteiger partial charge is 0.258 e. The molecule has 1 atom stereocenters. The molecule has 2 aromatic carbocycles. The quantitative estimate of drug-likeness (QED) is 0.740. The van der Waals surface area contributed by atoms with Crippen molar-refractivity contribution in [3.8, 4) is 16.9 Å².